The molecule has 1 aliphatic heterocycles. The fourth-order valence-electron chi connectivity index (χ4n) is 4.70. The van der Waals surface area contributed by atoms with Crippen LogP contribution in [0.2, 0.25) is 0 Å². The minimum absolute atomic E-state index is 0.0159. The summed E-state index contributed by atoms with van der Waals surface area (Å²) in [5.74, 6) is -0.508. The fraction of sp³-hybridized carbons (Fsp3) is 0.296. The van der Waals surface area contributed by atoms with Crippen LogP contribution in [0, 0.1) is 0 Å². The van der Waals surface area contributed by atoms with Crippen LogP contribution in [0.1, 0.15) is 41.5 Å². The summed E-state index contributed by atoms with van der Waals surface area (Å²) in [7, 11) is 0. The summed E-state index contributed by atoms with van der Waals surface area (Å²) in [6.07, 6.45) is 0. The molecule has 0 bridgehead atoms. The first-order valence-corrected chi connectivity index (χ1v) is 11.6. The van der Waals surface area contributed by atoms with Gasteiger partial charge in [0, 0.05) is 53.7 Å². The van der Waals surface area contributed by atoms with Crippen molar-refractivity contribution in [2.75, 3.05) is 26.2 Å². The Balaban J connectivity index is 1.52. The largest absolute Gasteiger partial charge is 0.366 e. The van der Waals surface area contributed by atoms with E-state index >= 15 is 0 Å². The molecule has 4 aromatic rings. The summed E-state index contributed by atoms with van der Waals surface area (Å²) in [5.41, 5.74) is 10.4. The highest BCUT2D eigenvalue weighted by atomic mass is 16.2. The molecule has 0 aliphatic carbocycles. The van der Waals surface area contributed by atoms with Crippen LogP contribution in [-0.2, 0) is 0 Å². The van der Waals surface area contributed by atoms with Crippen molar-refractivity contribution in [3.63, 3.8) is 0 Å². The zero-order chi connectivity index (χ0) is 24.0. The number of nitrogens with one attached hydrogen (secondary N) is 1. The SMILES string of the molecule is CC(C)(C)N1CCN(C(=O)c2ccc3c(c2)[nH]c2c(C(N)=O)cc(-c4ccccc4)nc23)CC1. The lowest BCUT2D eigenvalue weighted by Crippen LogP contribution is -2.54. The Labute approximate surface area is 198 Å². The van der Waals surface area contributed by atoms with Crippen LogP contribution in [0.5, 0.6) is 0 Å². The first kappa shape index (κ1) is 22.1. The molecule has 3 N–H and O–H groups in total. The zero-order valence-corrected chi connectivity index (χ0v) is 19.8. The third-order valence-corrected chi connectivity index (χ3v) is 6.65. The van der Waals surface area contributed by atoms with E-state index in [4.69, 9.17) is 10.7 Å². The molecule has 34 heavy (non-hydrogen) atoms. The monoisotopic (exact) mass is 455 g/mol. The van der Waals surface area contributed by atoms with Crippen LogP contribution >= 0.6 is 0 Å². The topological polar surface area (TPSA) is 95.3 Å². The van der Waals surface area contributed by atoms with E-state index in [-0.39, 0.29) is 11.4 Å². The highest BCUT2D eigenvalue weighted by Gasteiger charge is 2.28. The van der Waals surface area contributed by atoms with E-state index in [0.717, 1.165) is 29.6 Å². The molecule has 2 amide bonds. The molecule has 1 aliphatic rings. The molecule has 0 radical (unpaired) electrons. The normalized spacial score (nSPS) is 15.2. The number of aromatic nitrogens is 2. The molecule has 2 aromatic carbocycles. The Bertz CT molecular complexity index is 1390. The van der Waals surface area contributed by atoms with E-state index in [0.29, 0.717) is 40.9 Å². The number of hydrogen-bond acceptors (Lipinski definition) is 4. The van der Waals surface area contributed by atoms with Gasteiger partial charge < -0.3 is 15.6 Å². The number of benzene rings is 2. The van der Waals surface area contributed by atoms with Crippen LogP contribution in [0.15, 0.2) is 54.6 Å². The van der Waals surface area contributed by atoms with Crippen LogP contribution in [0.3, 0.4) is 0 Å². The number of rotatable bonds is 3. The smallest absolute Gasteiger partial charge is 0.254 e. The van der Waals surface area contributed by atoms with Gasteiger partial charge in [0.1, 0.15) is 0 Å². The predicted octanol–water partition coefficient (Wildman–Crippen LogP) is 4.04. The molecular formula is C27H29N5O2. The van der Waals surface area contributed by atoms with Crippen molar-refractivity contribution in [2.45, 2.75) is 26.3 Å². The number of primary amides is 1. The van der Waals surface area contributed by atoms with Gasteiger partial charge in [0.15, 0.2) is 0 Å². The quantitative estimate of drug-likeness (QED) is 0.487. The van der Waals surface area contributed by atoms with Gasteiger partial charge in [-0.1, -0.05) is 30.3 Å². The van der Waals surface area contributed by atoms with Crippen LogP contribution in [0.25, 0.3) is 33.2 Å². The van der Waals surface area contributed by atoms with Crippen LogP contribution in [0.4, 0.5) is 0 Å². The summed E-state index contributed by atoms with van der Waals surface area (Å²) in [4.78, 5) is 37.9. The summed E-state index contributed by atoms with van der Waals surface area (Å²) >= 11 is 0. The minimum atomic E-state index is -0.524. The summed E-state index contributed by atoms with van der Waals surface area (Å²) < 4.78 is 0. The van der Waals surface area contributed by atoms with Gasteiger partial charge in [0.25, 0.3) is 11.8 Å². The summed E-state index contributed by atoms with van der Waals surface area (Å²) in [6, 6.07) is 17.0. The number of nitrogens with zero attached hydrogens (tertiary/aromatic N) is 3. The second-order valence-electron chi connectivity index (χ2n) is 9.84. The van der Waals surface area contributed by atoms with Crippen molar-refractivity contribution in [1.29, 1.82) is 0 Å². The van der Waals surface area contributed by atoms with Gasteiger partial charge in [0.2, 0.25) is 0 Å². The lowest BCUT2D eigenvalue weighted by molar-refractivity contribution is 0.0451. The molecule has 1 saturated heterocycles. The van der Waals surface area contributed by atoms with Crippen molar-refractivity contribution < 1.29 is 9.59 Å². The summed E-state index contributed by atoms with van der Waals surface area (Å²) in [6.45, 7) is 9.73. The molecule has 0 unspecified atom stereocenters. The van der Waals surface area contributed by atoms with E-state index in [1.54, 1.807) is 6.07 Å². The van der Waals surface area contributed by atoms with Gasteiger partial charge in [-0.2, -0.15) is 0 Å². The van der Waals surface area contributed by atoms with Gasteiger partial charge in [-0.15, -0.1) is 0 Å². The molecule has 2 aromatic heterocycles. The molecule has 0 atom stereocenters. The lowest BCUT2D eigenvalue weighted by Gasteiger charge is -2.42. The molecular weight excluding hydrogens is 426 g/mol. The first-order chi connectivity index (χ1) is 16.2. The number of amides is 2. The average Bonchev–Trinajstić information content (AvgIpc) is 3.20. The fourth-order valence-corrected chi connectivity index (χ4v) is 4.70. The maximum atomic E-state index is 13.2. The summed E-state index contributed by atoms with van der Waals surface area (Å²) in [5, 5.41) is 0.851. The van der Waals surface area contributed by atoms with Gasteiger partial charge in [-0.05, 0) is 45.0 Å². The zero-order valence-electron chi connectivity index (χ0n) is 19.8. The van der Waals surface area contributed by atoms with Crippen molar-refractivity contribution in [3.05, 3.63) is 65.7 Å². The van der Waals surface area contributed by atoms with E-state index in [2.05, 4.69) is 30.7 Å². The highest BCUT2D eigenvalue weighted by Crippen LogP contribution is 2.31. The van der Waals surface area contributed by atoms with E-state index in [1.165, 1.54) is 0 Å². The second kappa shape index (κ2) is 8.25. The van der Waals surface area contributed by atoms with E-state index in [9.17, 15) is 9.59 Å². The number of carbonyl (C=O) groups excluding carboxylic acids is 2. The van der Waals surface area contributed by atoms with E-state index < -0.39 is 5.91 Å². The maximum Gasteiger partial charge on any atom is 0.254 e. The Morgan fingerprint density at radius 3 is 2.32 bits per heavy atom. The molecule has 3 heterocycles. The second-order valence-corrected chi connectivity index (χ2v) is 9.84. The molecule has 7 nitrogen and oxygen atoms in total. The van der Waals surface area contributed by atoms with Crippen LogP contribution < -0.4 is 5.73 Å². The molecule has 5 rings (SSSR count). The maximum absolute atomic E-state index is 13.2. The Kier molecular flexibility index (Phi) is 5.37. The number of fused-ring (bicyclic) bond motifs is 3. The predicted molar refractivity (Wildman–Crippen MR) is 135 cm³/mol. The molecule has 0 saturated carbocycles. The standard InChI is InChI=1S/C27H29N5O2/c1-27(2,3)32-13-11-31(12-14-32)26(34)18-9-10-19-22(15-18)30-24-20(25(28)33)16-21(29-23(19)24)17-7-5-4-6-8-17/h4-10,15-16,30H,11-14H2,1-3H3,(H2,28,33). The van der Waals surface area contributed by atoms with Crippen molar-refractivity contribution in [3.8, 4) is 11.3 Å². The molecule has 174 valence electrons. The van der Waals surface area contributed by atoms with Gasteiger partial charge >= 0.3 is 0 Å². The third-order valence-electron chi connectivity index (χ3n) is 6.65. The number of H-pyrrole nitrogens is 1. The number of piperazine rings is 1. The van der Waals surface area contributed by atoms with Crippen molar-refractivity contribution in [2.24, 2.45) is 5.73 Å². The third kappa shape index (κ3) is 3.92. The van der Waals surface area contributed by atoms with Gasteiger partial charge in [0.05, 0.1) is 22.3 Å². The number of nitrogens with two attached hydrogens (primary N) is 1. The van der Waals surface area contributed by atoms with Crippen LogP contribution in [-0.4, -0.2) is 63.3 Å². The molecule has 1 fully saturated rings. The minimum Gasteiger partial charge on any atom is -0.366 e. The highest BCUT2D eigenvalue weighted by molar-refractivity contribution is 6.14. The number of pyridine rings is 1. The lowest BCUT2D eigenvalue weighted by atomic mass is 10.0. The van der Waals surface area contributed by atoms with Crippen molar-refractivity contribution in [1.82, 2.24) is 19.8 Å². The van der Waals surface area contributed by atoms with Gasteiger partial charge in [-0.3, -0.25) is 14.5 Å². The molecule has 0 spiro atoms. The Morgan fingerprint density at radius 1 is 0.971 bits per heavy atom. The van der Waals surface area contributed by atoms with E-state index in [1.807, 2.05) is 53.4 Å². The van der Waals surface area contributed by atoms with Gasteiger partial charge in [-0.25, -0.2) is 4.98 Å². The number of carbonyl (C=O) groups is 2. The number of aromatic amines is 1. The Hall–Kier alpha value is -3.71. The van der Waals surface area contributed by atoms with Crippen molar-refractivity contribution >= 4 is 33.8 Å². The average molecular weight is 456 g/mol. The number of hydrogen-bond donors (Lipinski definition) is 2. The Morgan fingerprint density at radius 2 is 1.68 bits per heavy atom. The first-order valence-electron chi connectivity index (χ1n) is 11.6. The molecule has 7 heteroatoms.